The first-order valence-electron chi connectivity index (χ1n) is 7.78. The maximum Gasteiger partial charge on any atom is 0.269 e. The molecule has 1 aliphatic rings. The number of carbonyl (C=O) groups is 2. The molecule has 2 amide bonds. The summed E-state index contributed by atoms with van der Waals surface area (Å²) in [6, 6.07) is 14.9. The van der Waals surface area contributed by atoms with Crippen LogP contribution >= 0.6 is 0 Å². The first-order valence-corrected chi connectivity index (χ1v) is 9.26. The quantitative estimate of drug-likeness (QED) is 0.681. The van der Waals surface area contributed by atoms with E-state index in [1.165, 1.54) is 6.07 Å². The zero-order valence-corrected chi connectivity index (χ0v) is 14.4. The highest BCUT2D eigenvalue weighted by Crippen LogP contribution is 2.22. The minimum Gasteiger partial charge on any atom is -0.273 e. The van der Waals surface area contributed by atoms with Crippen LogP contribution in [0, 0.1) is 0 Å². The van der Waals surface area contributed by atoms with Gasteiger partial charge in [-0.15, -0.1) is 0 Å². The van der Waals surface area contributed by atoms with Crippen molar-refractivity contribution in [1.82, 2.24) is 15.6 Å². The molecule has 0 radical (unpaired) electrons. The molecule has 2 aromatic rings. The Morgan fingerprint density at radius 1 is 0.962 bits per heavy atom. The van der Waals surface area contributed by atoms with Gasteiger partial charge in [-0.05, 0) is 24.3 Å². The van der Waals surface area contributed by atoms with Gasteiger partial charge in [0, 0.05) is 17.5 Å². The zero-order valence-electron chi connectivity index (χ0n) is 13.6. The Hall–Kier alpha value is -3.20. The van der Waals surface area contributed by atoms with Gasteiger partial charge in [-0.1, -0.05) is 30.3 Å². The molecule has 1 aliphatic heterocycles. The van der Waals surface area contributed by atoms with Crippen molar-refractivity contribution in [2.75, 3.05) is 6.54 Å². The predicted octanol–water partition coefficient (Wildman–Crippen LogP) is 0.576. The summed E-state index contributed by atoms with van der Waals surface area (Å²) in [6.45, 7) is 0.0687. The monoisotopic (exact) mass is 372 g/mol. The minimum atomic E-state index is -3.60. The van der Waals surface area contributed by atoms with E-state index in [4.69, 9.17) is 0 Å². The van der Waals surface area contributed by atoms with Crippen LogP contribution in [0.5, 0.6) is 0 Å². The number of amidine groups is 1. The number of hydrazine groups is 1. The lowest BCUT2D eigenvalue weighted by Gasteiger charge is -2.06. The van der Waals surface area contributed by atoms with Crippen molar-refractivity contribution in [3.8, 4) is 0 Å². The van der Waals surface area contributed by atoms with E-state index in [2.05, 4.69) is 20.6 Å². The molecule has 0 aromatic heterocycles. The number of hydrogen-bond acceptors (Lipinski definition) is 5. The van der Waals surface area contributed by atoms with E-state index in [0.29, 0.717) is 11.1 Å². The Morgan fingerprint density at radius 3 is 2.42 bits per heavy atom. The average Bonchev–Trinajstić information content (AvgIpc) is 2.91. The van der Waals surface area contributed by atoms with Crippen molar-refractivity contribution in [1.29, 1.82) is 0 Å². The third-order valence-corrected chi connectivity index (χ3v) is 5.02. The number of nitrogens with one attached hydrogen (secondary N) is 3. The van der Waals surface area contributed by atoms with Crippen molar-refractivity contribution >= 4 is 27.7 Å². The van der Waals surface area contributed by atoms with Crippen molar-refractivity contribution in [3.05, 3.63) is 65.7 Å². The Kier molecular flexibility index (Phi) is 4.99. The molecule has 3 N–H and O–H groups in total. The van der Waals surface area contributed by atoms with Crippen LogP contribution in [-0.2, 0) is 14.8 Å². The van der Waals surface area contributed by atoms with Gasteiger partial charge in [0.15, 0.2) is 0 Å². The number of aliphatic imine (C=N–C) groups is 1. The topological polar surface area (TPSA) is 117 Å². The van der Waals surface area contributed by atoms with Crippen molar-refractivity contribution < 1.29 is 18.0 Å². The normalized spacial score (nSPS) is 15.8. The molecule has 2 aromatic carbocycles. The Bertz CT molecular complexity index is 971. The van der Waals surface area contributed by atoms with E-state index in [9.17, 15) is 18.0 Å². The summed E-state index contributed by atoms with van der Waals surface area (Å²) in [4.78, 5) is 27.9. The maximum absolute atomic E-state index is 12.0. The summed E-state index contributed by atoms with van der Waals surface area (Å²) >= 11 is 0. The molecular formula is C17H16N4O4S. The number of amides is 2. The van der Waals surface area contributed by atoms with Crippen LogP contribution < -0.4 is 15.6 Å². The molecular weight excluding hydrogens is 356 g/mol. The van der Waals surface area contributed by atoms with Gasteiger partial charge in [-0.2, -0.15) is 0 Å². The molecule has 1 heterocycles. The number of rotatable bonds is 4. The fraction of sp³-hybridized carbons (Fsp3) is 0.118. The van der Waals surface area contributed by atoms with E-state index in [-0.39, 0.29) is 23.7 Å². The van der Waals surface area contributed by atoms with Gasteiger partial charge >= 0.3 is 0 Å². The molecule has 0 saturated heterocycles. The Morgan fingerprint density at radius 2 is 1.65 bits per heavy atom. The first-order chi connectivity index (χ1) is 12.5. The van der Waals surface area contributed by atoms with Crippen LogP contribution in [-0.4, -0.2) is 32.6 Å². The van der Waals surface area contributed by atoms with E-state index >= 15 is 0 Å². The van der Waals surface area contributed by atoms with Crippen molar-refractivity contribution in [2.45, 2.75) is 11.3 Å². The molecule has 3 rings (SSSR count). The lowest BCUT2D eigenvalue weighted by Crippen LogP contribution is -2.41. The standard InChI is InChI=1S/C17H16N4O4S/c22-15(19-20-17(23)12-6-2-1-3-7-12)10-11-18-16-13-8-4-5-9-14(13)26(24,25)21-16/h1-9H,10-11H2,(H,18,21)(H,19,22)(H,20,23). The van der Waals surface area contributed by atoms with Gasteiger partial charge in [0.1, 0.15) is 5.84 Å². The third-order valence-electron chi connectivity index (χ3n) is 3.62. The van der Waals surface area contributed by atoms with E-state index in [1.807, 2.05) is 0 Å². The second-order valence-electron chi connectivity index (χ2n) is 5.45. The van der Waals surface area contributed by atoms with E-state index < -0.39 is 21.8 Å². The molecule has 26 heavy (non-hydrogen) atoms. The van der Waals surface area contributed by atoms with Gasteiger partial charge in [-0.25, -0.2) is 8.42 Å². The highest BCUT2D eigenvalue weighted by atomic mass is 32.2. The lowest BCUT2D eigenvalue weighted by molar-refractivity contribution is -0.121. The van der Waals surface area contributed by atoms with Crippen LogP contribution in [0.1, 0.15) is 22.3 Å². The molecule has 0 atom stereocenters. The van der Waals surface area contributed by atoms with Crippen LogP contribution in [0.3, 0.4) is 0 Å². The summed E-state index contributed by atoms with van der Waals surface area (Å²) in [5.41, 5.74) is 5.50. The summed E-state index contributed by atoms with van der Waals surface area (Å²) in [7, 11) is -3.60. The summed E-state index contributed by atoms with van der Waals surface area (Å²) < 4.78 is 26.3. The molecule has 0 fully saturated rings. The molecule has 134 valence electrons. The molecule has 0 bridgehead atoms. The van der Waals surface area contributed by atoms with Gasteiger partial charge < -0.3 is 0 Å². The highest BCUT2D eigenvalue weighted by molar-refractivity contribution is 7.90. The fourth-order valence-electron chi connectivity index (χ4n) is 2.37. The number of carbonyl (C=O) groups excluding carboxylic acids is 2. The number of sulfonamides is 1. The Balaban J connectivity index is 1.53. The molecule has 8 nitrogen and oxygen atoms in total. The first kappa shape index (κ1) is 17.6. The van der Waals surface area contributed by atoms with Gasteiger partial charge in [-0.3, -0.25) is 30.2 Å². The molecule has 0 aliphatic carbocycles. The molecule has 0 spiro atoms. The lowest BCUT2D eigenvalue weighted by atomic mass is 10.2. The average molecular weight is 372 g/mol. The second-order valence-corrected chi connectivity index (χ2v) is 7.10. The summed E-state index contributed by atoms with van der Waals surface area (Å²) in [6.07, 6.45) is -0.0114. The third kappa shape index (κ3) is 3.89. The molecule has 0 saturated carbocycles. The SMILES string of the molecule is O=C(CCN=C1NS(=O)(=O)c2ccccc21)NNC(=O)c1ccccc1. The number of fused-ring (bicyclic) bond motifs is 1. The van der Waals surface area contributed by atoms with Crippen molar-refractivity contribution in [2.24, 2.45) is 4.99 Å². The molecule has 0 unspecified atom stereocenters. The predicted molar refractivity (Wildman–Crippen MR) is 94.8 cm³/mol. The summed E-state index contributed by atoms with van der Waals surface area (Å²) in [5.74, 6) is -0.655. The highest BCUT2D eigenvalue weighted by Gasteiger charge is 2.29. The van der Waals surface area contributed by atoms with E-state index in [0.717, 1.165) is 0 Å². The summed E-state index contributed by atoms with van der Waals surface area (Å²) in [5, 5.41) is 0. The second kappa shape index (κ2) is 7.36. The number of hydrogen-bond donors (Lipinski definition) is 3. The maximum atomic E-state index is 12.0. The van der Waals surface area contributed by atoms with Gasteiger partial charge in [0.05, 0.1) is 11.4 Å². The van der Waals surface area contributed by atoms with Gasteiger partial charge in [0.25, 0.3) is 15.9 Å². The largest absolute Gasteiger partial charge is 0.273 e. The van der Waals surface area contributed by atoms with Gasteiger partial charge in [0.2, 0.25) is 5.91 Å². The van der Waals surface area contributed by atoms with Crippen LogP contribution in [0.4, 0.5) is 0 Å². The number of benzene rings is 2. The zero-order chi connectivity index (χ0) is 18.6. The van der Waals surface area contributed by atoms with Crippen molar-refractivity contribution in [3.63, 3.8) is 0 Å². The Labute approximate surface area is 150 Å². The van der Waals surface area contributed by atoms with Crippen LogP contribution in [0.2, 0.25) is 0 Å². The fourth-order valence-corrected chi connectivity index (χ4v) is 3.62. The molecule has 9 heteroatoms. The van der Waals surface area contributed by atoms with E-state index in [1.54, 1.807) is 48.5 Å². The minimum absolute atomic E-state index is 0.0114. The van der Waals surface area contributed by atoms with Crippen LogP contribution in [0.15, 0.2) is 64.5 Å². The number of nitrogens with zero attached hydrogens (tertiary/aromatic N) is 1. The smallest absolute Gasteiger partial charge is 0.269 e. The van der Waals surface area contributed by atoms with Crippen LogP contribution in [0.25, 0.3) is 0 Å².